The molecule has 0 saturated carbocycles. The van der Waals surface area contributed by atoms with Gasteiger partial charge in [0.05, 0.1) is 30.1 Å². The van der Waals surface area contributed by atoms with Gasteiger partial charge in [0.25, 0.3) is 0 Å². The Morgan fingerprint density at radius 3 is 2.62 bits per heavy atom. The van der Waals surface area contributed by atoms with Crippen LogP contribution in [-0.2, 0) is 27.5 Å². The van der Waals surface area contributed by atoms with Crippen molar-refractivity contribution in [2.45, 2.75) is 37.3 Å². The Bertz CT molecular complexity index is 1750. The molecule has 6 rings (SSSR count). The molecule has 2 atom stereocenters. The van der Waals surface area contributed by atoms with Gasteiger partial charge in [0, 0.05) is 12.2 Å². The first-order chi connectivity index (χ1) is 22.0. The predicted octanol–water partition coefficient (Wildman–Crippen LogP) is 6.40. The molecule has 2 aliphatic rings. The number of nitrogens with zero attached hydrogens (tertiary/aromatic N) is 4. The van der Waals surface area contributed by atoms with E-state index < -0.39 is 17.4 Å². The summed E-state index contributed by atoms with van der Waals surface area (Å²) in [6.45, 7) is 0.804. The number of nitriles is 1. The molecule has 2 saturated heterocycles. The standard InChI is InChI=1S/C34H29N5O5S/c35-20-24-9-4-10-27(19-24)37-33-39(21-28-11-6-18-43-28)32(41)30(45-33)25-13-15-26(16-14-25)36-31(40)29-12-5-17-38(29)34(42)44-22-23-7-2-1-3-8-23/h1-4,6-11,13-16,18-19,29-30H,5,12,17,21-22H2,(H,36,40)/b37-33-/t29-,30?/m0/s1. The molecule has 0 bridgehead atoms. The smallest absolute Gasteiger partial charge is 0.410 e. The van der Waals surface area contributed by atoms with Crippen molar-refractivity contribution in [3.63, 3.8) is 0 Å². The van der Waals surface area contributed by atoms with Crippen molar-refractivity contribution in [1.82, 2.24) is 9.80 Å². The topological polar surface area (TPSA) is 128 Å². The number of hydrogen-bond acceptors (Lipinski definition) is 8. The second kappa shape index (κ2) is 13.5. The molecule has 226 valence electrons. The van der Waals surface area contributed by atoms with E-state index in [1.165, 1.54) is 16.7 Å². The minimum absolute atomic E-state index is 0.140. The zero-order valence-electron chi connectivity index (χ0n) is 24.2. The fraction of sp³-hybridized carbons (Fsp3) is 0.206. The summed E-state index contributed by atoms with van der Waals surface area (Å²) in [7, 11) is 0. The normalized spacial score (nSPS) is 18.6. The molecule has 0 aliphatic carbocycles. The van der Waals surface area contributed by atoms with Crippen LogP contribution in [0.2, 0.25) is 0 Å². The summed E-state index contributed by atoms with van der Waals surface area (Å²) >= 11 is 1.31. The number of furan rings is 1. The van der Waals surface area contributed by atoms with Crippen LogP contribution in [0.15, 0.2) is 107 Å². The number of rotatable bonds is 8. The number of nitrogens with one attached hydrogen (secondary N) is 1. The number of anilines is 1. The van der Waals surface area contributed by atoms with E-state index in [1.54, 1.807) is 71.8 Å². The second-order valence-electron chi connectivity index (χ2n) is 10.6. The number of carbonyl (C=O) groups excluding carboxylic acids is 3. The number of ether oxygens (including phenoxy) is 1. The Kier molecular flexibility index (Phi) is 8.94. The SMILES string of the molecule is N#Cc1cccc(/N=C2\SC(c3ccc(NC(=O)[C@@H]4CCCN4C(=O)OCc4ccccc4)cc3)C(=O)N2Cc2ccco2)c1. The molecule has 0 radical (unpaired) electrons. The van der Waals surface area contributed by atoms with Gasteiger partial charge in [0.1, 0.15) is 23.7 Å². The third-order valence-electron chi connectivity index (χ3n) is 7.51. The van der Waals surface area contributed by atoms with Gasteiger partial charge >= 0.3 is 6.09 Å². The predicted molar refractivity (Wildman–Crippen MR) is 169 cm³/mol. The highest BCUT2D eigenvalue weighted by atomic mass is 32.2. The zero-order valence-corrected chi connectivity index (χ0v) is 25.0. The van der Waals surface area contributed by atoms with Crippen LogP contribution in [0.25, 0.3) is 0 Å². The van der Waals surface area contributed by atoms with Gasteiger partial charge < -0.3 is 14.5 Å². The van der Waals surface area contributed by atoms with Crippen LogP contribution in [0, 0.1) is 11.3 Å². The lowest BCUT2D eigenvalue weighted by Gasteiger charge is -2.23. The lowest BCUT2D eigenvalue weighted by molar-refractivity contribution is -0.126. The number of amides is 3. The third kappa shape index (κ3) is 6.92. The molecule has 1 N–H and O–H groups in total. The van der Waals surface area contributed by atoms with Crippen molar-refractivity contribution < 1.29 is 23.5 Å². The van der Waals surface area contributed by atoms with Crippen molar-refractivity contribution in [2.75, 3.05) is 11.9 Å². The fourth-order valence-corrected chi connectivity index (χ4v) is 6.41. The highest BCUT2D eigenvalue weighted by molar-refractivity contribution is 8.15. The number of aliphatic imine (C=N–C) groups is 1. The monoisotopic (exact) mass is 619 g/mol. The first-order valence-electron chi connectivity index (χ1n) is 14.5. The van der Waals surface area contributed by atoms with Gasteiger partial charge in [-0.1, -0.05) is 60.3 Å². The first-order valence-corrected chi connectivity index (χ1v) is 15.3. The van der Waals surface area contributed by atoms with Crippen molar-refractivity contribution in [3.05, 3.63) is 120 Å². The molecule has 1 aromatic heterocycles. The summed E-state index contributed by atoms with van der Waals surface area (Å²) in [5, 5.41) is 12.1. The van der Waals surface area contributed by atoms with E-state index in [9.17, 15) is 19.6 Å². The molecule has 3 heterocycles. The average Bonchev–Trinajstić information content (AvgIpc) is 3.83. The Morgan fingerprint density at radius 2 is 1.87 bits per heavy atom. The zero-order chi connectivity index (χ0) is 31.2. The van der Waals surface area contributed by atoms with Crippen LogP contribution < -0.4 is 5.32 Å². The van der Waals surface area contributed by atoms with Gasteiger partial charge in [-0.25, -0.2) is 9.79 Å². The first kappa shape index (κ1) is 29.7. The van der Waals surface area contributed by atoms with Crippen LogP contribution in [0.3, 0.4) is 0 Å². The maximum Gasteiger partial charge on any atom is 0.410 e. The molecule has 11 heteroatoms. The minimum atomic E-state index is -0.631. The van der Waals surface area contributed by atoms with E-state index in [-0.39, 0.29) is 25.0 Å². The van der Waals surface area contributed by atoms with Crippen molar-refractivity contribution in [1.29, 1.82) is 5.26 Å². The largest absolute Gasteiger partial charge is 0.467 e. The van der Waals surface area contributed by atoms with Crippen molar-refractivity contribution in [3.8, 4) is 6.07 Å². The quantitative estimate of drug-likeness (QED) is 0.242. The van der Waals surface area contributed by atoms with Crippen LogP contribution in [0.1, 0.15) is 40.5 Å². The Labute approximate surface area is 264 Å². The number of carbonyl (C=O) groups is 3. The fourth-order valence-electron chi connectivity index (χ4n) is 5.24. The van der Waals surface area contributed by atoms with Crippen LogP contribution in [0.5, 0.6) is 0 Å². The van der Waals surface area contributed by atoms with Crippen molar-refractivity contribution >= 4 is 46.2 Å². The molecule has 0 spiro atoms. The lowest BCUT2D eigenvalue weighted by Crippen LogP contribution is -2.43. The Balaban J connectivity index is 1.13. The van der Waals surface area contributed by atoms with Crippen LogP contribution in [-0.4, -0.2) is 45.5 Å². The van der Waals surface area contributed by atoms with Gasteiger partial charge in [-0.2, -0.15) is 5.26 Å². The van der Waals surface area contributed by atoms with E-state index >= 15 is 0 Å². The molecule has 2 fully saturated rings. The highest BCUT2D eigenvalue weighted by Gasteiger charge is 2.40. The van der Waals surface area contributed by atoms with E-state index in [0.717, 1.165) is 11.1 Å². The van der Waals surface area contributed by atoms with E-state index in [1.807, 2.05) is 30.3 Å². The minimum Gasteiger partial charge on any atom is -0.467 e. The third-order valence-corrected chi connectivity index (χ3v) is 8.75. The van der Waals surface area contributed by atoms with E-state index in [0.29, 0.717) is 47.3 Å². The Morgan fingerprint density at radius 1 is 1.04 bits per heavy atom. The van der Waals surface area contributed by atoms with Crippen LogP contribution in [0.4, 0.5) is 16.2 Å². The summed E-state index contributed by atoms with van der Waals surface area (Å²) in [6.07, 6.45) is 2.29. The van der Waals surface area contributed by atoms with Gasteiger partial charge in [-0.15, -0.1) is 0 Å². The average molecular weight is 620 g/mol. The van der Waals surface area contributed by atoms with Gasteiger partial charge in [0.2, 0.25) is 11.8 Å². The molecule has 2 aliphatic heterocycles. The summed E-state index contributed by atoms with van der Waals surface area (Å²) in [5.74, 6) is 0.173. The number of amidine groups is 1. The molecule has 10 nitrogen and oxygen atoms in total. The summed E-state index contributed by atoms with van der Waals surface area (Å²) < 4.78 is 11.0. The molecule has 4 aromatic rings. The van der Waals surface area contributed by atoms with Gasteiger partial charge in [0.15, 0.2) is 5.17 Å². The molecule has 45 heavy (non-hydrogen) atoms. The van der Waals surface area contributed by atoms with E-state index in [2.05, 4.69) is 11.4 Å². The van der Waals surface area contributed by atoms with Crippen molar-refractivity contribution in [2.24, 2.45) is 4.99 Å². The highest BCUT2D eigenvalue weighted by Crippen LogP contribution is 2.41. The molecular formula is C34H29N5O5S. The number of hydrogen-bond donors (Lipinski definition) is 1. The molecular weight excluding hydrogens is 590 g/mol. The maximum atomic E-state index is 13.6. The summed E-state index contributed by atoms with van der Waals surface area (Å²) in [4.78, 5) is 47.3. The summed E-state index contributed by atoms with van der Waals surface area (Å²) in [5.41, 5.74) is 3.22. The second-order valence-corrected chi connectivity index (χ2v) is 11.6. The summed E-state index contributed by atoms with van der Waals surface area (Å²) in [6, 6.07) is 28.4. The maximum absolute atomic E-state index is 13.6. The molecule has 3 amide bonds. The van der Waals surface area contributed by atoms with Crippen LogP contribution >= 0.6 is 11.8 Å². The number of benzene rings is 3. The van der Waals surface area contributed by atoms with E-state index in [4.69, 9.17) is 14.1 Å². The van der Waals surface area contributed by atoms with Gasteiger partial charge in [-0.05, 0) is 66.4 Å². The number of likely N-dealkylation sites (tertiary alicyclic amines) is 1. The molecule has 3 aromatic carbocycles. The lowest BCUT2D eigenvalue weighted by atomic mass is 10.1. The van der Waals surface area contributed by atoms with Gasteiger partial charge in [-0.3, -0.25) is 19.4 Å². The molecule has 1 unspecified atom stereocenters. The number of thioether (sulfide) groups is 1. The Hall–Kier alpha value is -5.34.